The van der Waals surface area contributed by atoms with Gasteiger partial charge in [-0.25, -0.2) is 4.98 Å². The third-order valence-corrected chi connectivity index (χ3v) is 6.44. The van der Waals surface area contributed by atoms with Crippen LogP contribution in [0.3, 0.4) is 0 Å². The van der Waals surface area contributed by atoms with Crippen molar-refractivity contribution in [2.75, 3.05) is 18.1 Å². The fraction of sp³-hybridized carbons (Fsp3) is 0.391. The Morgan fingerprint density at radius 2 is 2.04 bits per heavy atom. The molecule has 28 heavy (non-hydrogen) atoms. The summed E-state index contributed by atoms with van der Waals surface area (Å²) < 4.78 is 6.93. The maximum absolute atomic E-state index is 13.3. The summed E-state index contributed by atoms with van der Waals surface area (Å²) in [7, 11) is 0. The number of anilines is 1. The number of carbonyl (C=O) groups excluding carboxylic acids is 1. The summed E-state index contributed by atoms with van der Waals surface area (Å²) in [5.74, 6) is 0.0783. The smallest absolute Gasteiger partial charge is 0.233 e. The highest BCUT2D eigenvalue weighted by atomic mass is 32.1. The van der Waals surface area contributed by atoms with Crippen molar-refractivity contribution in [1.82, 2.24) is 4.98 Å². The monoisotopic (exact) mass is 394 g/mol. The SMILES string of the molecule is Cc1ccc2nc(N(CC3CCCO3)C(=O)Cc3ccc(C)c(C)c3)sc2c1. The second kappa shape index (κ2) is 8.02. The Morgan fingerprint density at radius 3 is 2.79 bits per heavy atom. The standard InChI is InChI=1S/C23H26N2O2S/c1-15-6-9-20-21(11-15)28-23(24-20)25(14-19-5-4-10-27-19)22(26)13-18-8-7-16(2)17(3)12-18/h6-9,11-12,19H,4-5,10,13-14H2,1-3H3. The van der Waals surface area contributed by atoms with Crippen molar-refractivity contribution in [1.29, 1.82) is 0 Å². The van der Waals surface area contributed by atoms with Crippen LogP contribution in [0.15, 0.2) is 36.4 Å². The van der Waals surface area contributed by atoms with E-state index in [0.717, 1.165) is 40.4 Å². The van der Waals surface area contributed by atoms with Crippen LogP contribution in [0.25, 0.3) is 10.2 Å². The van der Waals surface area contributed by atoms with E-state index in [1.165, 1.54) is 16.7 Å². The van der Waals surface area contributed by atoms with Gasteiger partial charge in [-0.15, -0.1) is 0 Å². The number of nitrogens with zero attached hydrogens (tertiary/aromatic N) is 2. The molecule has 1 saturated heterocycles. The Balaban J connectivity index is 1.63. The lowest BCUT2D eigenvalue weighted by Crippen LogP contribution is -2.38. The lowest BCUT2D eigenvalue weighted by molar-refractivity contribution is -0.118. The molecule has 3 aromatic rings. The molecule has 1 atom stereocenters. The third kappa shape index (κ3) is 4.10. The quantitative estimate of drug-likeness (QED) is 0.613. The highest BCUT2D eigenvalue weighted by Crippen LogP contribution is 2.31. The molecule has 0 aliphatic carbocycles. The number of hydrogen-bond donors (Lipinski definition) is 0. The van der Waals surface area contributed by atoms with Gasteiger partial charge in [-0.1, -0.05) is 35.6 Å². The highest BCUT2D eigenvalue weighted by molar-refractivity contribution is 7.22. The van der Waals surface area contributed by atoms with Crippen LogP contribution < -0.4 is 4.90 Å². The second-order valence-corrected chi connectivity index (χ2v) is 8.71. The third-order valence-electron chi connectivity index (χ3n) is 5.40. The molecule has 4 nitrogen and oxygen atoms in total. The van der Waals surface area contributed by atoms with E-state index in [-0.39, 0.29) is 12.0 Å². The van der Waals surface area contributed by atoms with Crippen LogP contribution in [0.2, 0.25) is 0 Å². The molecule has 5 heteroatoms. The highest BCUT2D eigenvalue weighted by Gasteiger charge is 2.26. The summed E-state index contributed by atoms with van der Waals surface area (Å²) in [5, 5.41) is 0.768. The van der Waals surface area contributed by atoms with E-state index in [1.807, 2.05) is 17.0 Å². The van der Waals surface area contributed by atoms with E-state index in [4.69, 9.17) is 9.72 Å². The lowest BCUT2D eigenvalue weighted by atomic mass is 10.0. The van der Waals surface area contributed by atoms with Gasteiger partial charge in [0.05, 0.1) is 29.3 Å². The maximum atomic E-state index is 13.3. The molecular weight excluding hydrogens is 368 g/mol. The van der Waals surface area contributed by atoms with Gasteiger partial charge < -0.3 is 4.74 Å². The molecule has 1 aliphatic heterocycles. The number of aryl methyl sites for hydroxylation is 3. The number of carbonyl (C=O) groups is 1. The van der Waals surface area contributed by atoms with Crippen LogP contribution in [0, 0.1) is 20.8 Å². The van der Waals surface area contributed by atoms with Crippen LogP contribution in [-0.4, -0.2) is 30.1 Å². The summed E-state index contributed by atoms with van der Waals surface area (Å²) >= 11 is 1.59. The molecule has 2 aromatic carbocycles. The molecule has 0 N–H and O–H groups in total. The van der Waals surface area contributed by atoms with Gasteiger partial charge in [0.15, 0.2) is 5.13 Å². The molecule has 0 bridgehead atoms. The predicted molar refractivity (Wildman–Crippen MR) is 115 cm³/mol. The zero-order chi connectivity index (χ0) is 19.7. The Hall–Kier alpha value is -2.24. The lowest BCUT2D eigenvalue weighted by Gasteiger charge is -2.23. The first-order chi connectivity index (χ1) is 13.5. The summed E-state index contributed by atoms with van der Waals surface area (Å²) in [6.07, 6.45) is 2.53. The molecule has 1 aliphatic rings. The number of aromatic nitrogens is 1. The van der Waals surface area contributed by atoms with Gasteiger partial charge >= 0.3 is 0 Å². The van der Waals surface area contributed by atoms with Gasteiger partial charge in [-0.2, -0.15) is 0 Å². The fourth-order valence-corrected chi connectivity index (χ4v) is 4.69. The minimum atomic E-state index is 0.0783. The Kier molecular flexibility index (Phi) is 5.47. The average molecular weight is 395 g/mol. The van der Waals surface area contributed by atoms with Crippen LogP contribution in [0.4, 0.5) is 5.13 Å². The number of fused-ring (bicyclic) bond motifs is 1. The van der Waals surface area contributed by atoms with Crippen LogP contribution in [0.5, 0.6) is 0 Å². The van der Waals surface area contributed by atoms with Crippen molar-refractivity contribution in [3.05, 3.63) is 58.7 Å². The second-order valence-electron chi connectivity index (χ2n) is 7.70. The largest absolute Gasteiger partial charge is 0.376 e. The van der Waals surface area contributed by atoms with E-state index in [2.05, 4.69) is 45.0 Å². The first-order valence-electron chi connectivity index (χ1n) is 9.85. The minimum Gasteiger partial charge on any atom is -0.376 e. The van der Waals surface area contributed by atoms with Crippen LogP contribution >= 0.6 is 11.3 Å². The Labute approximate surface area is 170 Å². The van der Waals surface area contributed by atoms with Crippen LogP contribution in [0.1, 0.15) is 35.1 Å². The van der Waals surface area contributed by atoms with Gasteiger partial charge in [0.25, 0.3) is 0 Å². The van der Waals surface area contributed by atoms with Gasteiger partial charge in [0.2, 0.25) is 5.91 Å². The summed E-state index contributed by atoms with van der Waals surface area (Å²) in [4.78, 5) is 19.9. The molecular formula is C23H26N2O2S. The van der Waals surface area contributed by atoms with E-state index >= 15 is 0 Å². The summed E-state index contributed by atoms with van der Waals surface area (Å²) in [6, 6.07) is 12.5. The van der Waals surface area contributed by atoms with Crippen molar-refractivity contribution >= 4 is 32.6 Å². The molecule has 1 fully saturated rings. The average Bonchev–Trinajstić information content (AvgIpc) is 3.31. The first kappa shape index (κ1) is 19.1. The number of ether oxygens (including phenoxy) is 1. The molecule has 0 radical (unpaired) electrons. The number of benzene rings is 2. The van der Waals surface area contributed by atoms with E-state index in [1.54, 1.807) is 11.3 Å². The van der Waals surface area contributed by atoms with Crippen molar-refractivity contribution < 1.29 is 9.53 Å². The molecule has 146 valence electrons. The molecule has 1 aromatic heterocycles. The number of amides is 1. The number of rotatable bonds is 5. The first-order valence-corrected chi connectivity index (χ1v) is 10.7. The van der Waals surface area contributed by atoms with E-state index in [9.17, 15) is 4.79 Å². The molecule has 4 rings (SSSR count). The minimum absolute atomic E-state index is 0.0783. The normalized spacial score (nSPS) is 16.6. The predicted octanol–water partition coefficient (Wildman–Crippen LogP) is 4.98. The van der Waals surface area contributed by atoms with Crippen molar-refractivity contribution in [3.8, 4) is 0 Å². The Bertz CT molecular complexity index is 1010. The zero-order valence-electron chi connectivity index (χ0n) is 16.7. The zero-order valence-corrected chi connectivity index (χ0v) is 17.5. The molecule has 0 saturated carbocycles. The van der Waals surface area contributed by atoms with Gasteiger partial charge in [0.1, 0.15) is 0 Å². The van der Waals surface area contributed by atoms with Gasteiger partial charge in [0, 0.05) is 6.61 Å². The molecule has 1 amide bonds. The Morgan fingerprint density at radius 1 is 1.18 bits per heavy atom. The fourth-order valence-electron chi connectivity index (χ4n) is 3.60. The topological polar surface area (TPSA) is 42.4 Å². The molecule has 2 heterocycles. The summed E-state index contributed by atoms with van der Waals surface area (Å²) in [5.41, 5.74) is 5.65. The van der Waals surface area contributed by atoms with E-state index < -0.39 is 0 Å². The van der Waals surface area contributed by atoms with Crippen molar-refractivity contribution in [3.63, 3.8) is 0 Å². The number of hydrogen-bond acceptors (Lipinski definition) is 4. The maximum Gasteiger partial charge on any atom is 0.233 e. The van der Waals surface area contributed by atoms with E-state index in [0.29, 0.717) is 13.0 Å². The molecule has 1 unspecified atom stereocenters. The van der Waals surface area contributed by atoms with Gasteiger partial charge in [-0.3, -0.25) is 9.69 Å². The number of thiazole rings is 1. The van der Waals surface area contributed by atoms with Crippen molar-refractivity contribution in [2.24, 2.45) is 0 Å². The van der Waals surface area contributed by atoms with Crippen LogP contribution in [-0.2, 0) is 16.0 Å². The molecule has 0 spiro atoms. The van der Waals surface area contributed by atoms with Crippen molar-refractivity contribution in [2.45, 2.75) is 46.1 Å². The summed E-state index contributed by atoms with van der Waals surface area (Å²) in [6.45, 7) is 7.61. The van der Waals surface area contributed by atoms with Gasteiger partial charge in [-0.05, 0) is 68.0 Å².